The van der Waals surface area contributed by atoms with E-state index in [1.807, 2.05) is 47.3 Å². The maximum absolute atomic E-state index is 12.6. The van der Waals surface area contributed by atoms with E-state index in [0.717, 1.165) is 35.5 Å². The van der Waals surface area contributed by atoms with Gasteiger partial charge in [0.15, 0.2) is 0 Å². The van der Waals surface area contributed by atoms with Gasteiger partial charge >= 0.3 is 0 Å². The molecule has 2 aromatic heterocycles. The minimum absolute atomic E-state index is 0.311. The number of benzene rings is 1. The fourth-order valence-corrected chi connectivity index (χ4v) is 5.28. The van der Waals surface area contributed by atoms with Crippen LogP contribution in [0.15, 0.2) is 46.7 Å². The topological polar surface area (TPSA) is 64.0 Å². The van der Waals surface area contributed by atoms with Crippen molar-refractivity contribution in [3.63, 3.8) is 0 Å². The minimum Gasteiger partial charge on any atom is -0.268 e. The lowest BCUT2D eigenvalue weighted by atomic mass is 9.92. The molecule has 0 spiro atoms. The van der Waals surface area contributed by atoms with Crippen molar-refractivity contribution in [1.29, 1.82) is 0 Å². The summed E-state index contributed by atoms with van der Waals surface area (Å²) in [7, 11) is -3.50. The molecular weight excluding hydrogens is 378 g/mol. The number of aryl methyl sites for hydroxylation is 3. The monoisotopic (exact) mass is 401 g/mol. The lowest BCUT2D eigenvalue weighted by Gasteiger charge is -2.16. The van der Waals surface area contributed by atoms with Gasteiger partial charge in [-0.1, -0.05) is 12.1 Å². The highest BCUT2D eigenvalue weighted by molar-refractivity contribution is 7.89. The van der Waals surface area contributed by atoms with E-state index in [0.29, 0.717) is 18.0 Å². The molecule has 7 heteroatoms. The van der Waals surface area contributed by atoms with Crippen molar-refractivity contribution in [2.24, 2.45) is 0 Å². The lowest BCUT2D eigenvalue weighted by Crippen LogP contribution is -2.28. The Morgan fingerprint density at radius 2 is 1.96 bits per heavy atom. The van der Waals surface area contributed by atoms with Gasteiger partial charge in [0.05, 0.1) is 16.3 Å². The quantitative estimate of drug-likeness (QED) is 0.684. The molecule has 1 aromatic carbocycles. The van der Waals surface area contributed by atoms with Gasteiger partial charge < -0.3 is 0 Å². The van der Waals surface area contributed by atoms with E-state index in [1.165, 1.54) is 17.5 Å². The van der Waals surface area contributed by atoms with Crippen LogP contribution >= 0.6 is 11.3 Å². The average molecular weight is 402 g/mol. The number of sulfonamides is 1. The summed E-state index contributed by atoms with van der Waals surface area (Å²) < 4.78 is 29.9. The lowest BCUT2D eigenvalue weighted by molar-refractivity contribution is 0.556. The van der Waals surface area contributed by atoms with Gasteiger partial charge in [0.25, 0.3) is 0 Å². The summed E-state index contributed by atoms with van der Waals surface area (Å²) in [6, 6.07) is 11.6. The summed E-state index contributed by atoms with van der Waals surface area (Å²) in [5.41, 5.74) is 4.41. The Morgan fingerprint density at radius 1 is 1.15 bits per heavy atom. The van der Waals surface area contributed by atoms with Crippen molar-refractivity contribution >= 4 is 21.4 Å². The molecule has 0 saturated heterocycles. The molecule has 0 atom stereocenters. The van der Waals surface area contributed by atoms with Crippen molar-refractivity contribution in [2.75, 3.05) is 6.54 Å². The zero-order valence-electron chi connectivity index (χ0n) is 15.3. The maximum atomic E-state index is 12.6. The molecule has 1 aliphatic rings. The third-order valence-corrected chi connectivity index (χ3v) is 7.35. The molecule has 0 aliphatic heterocycles. The Hall–Kier alpha value is -1.96. The highest BCUT2D eigenvalue weighted by Crippen LogP contribution is 2.25. The largest absolute Gasteiger partial charge is 0.268 e. The molecule has 27 heavy (non-hydrogen) atoms. The van der Waals surface area contributed by atoms with Crippen molar-refractivity contribution < 1.29 is 8.42 Å². The van der Waals surface area contributed by atoms with Crippen LogP contribution in [0.2, 0.25) is 0 Å². The SMILES string of the molecule is Cc1cc(-c2cccs2)nn1CCNS(=O)(=O)c1ccc2c(c1)CCCC2. The standard InChI is InChI=1S/C20H23N3O2S2/c1-15-13-19(20-7-4-12-26-20)22-23(15)11-10-21-27(24,25)18-9-8-16-5-2-3-6-17(16)14-18/h4,7-9,12-14,21H,2-3,5-6,10-11H2,1H3. The Labute approximate surface area is 164 Å². The van der Waals surface area contributed by atoms with Gasteiger partial charge in [0.1, 0.15) is 5.69 Å². The number of nitrogens with zero attached hydrogens (tertiary/aromatic N) is 2. The number of rotatable bonds is 6. The van der Waals surface area contributed by atoms with Gasteiger partial charge in [-0.2, -0.15) is 5.10 Å². The molecular formula is C20H23N3O2S2. The van der Waals surface area contributed by atoms with Crippen LogP contribution in [-0.4, -0.2) is 24.7 Å². The van der Waals surface area contributed by atoms with E-state index in [4.69, 9.17) is 0 Å². The van der Waals surface area contributed by atoms with Crippen LogP contribution in [0.4, 0.5) is 0 Å². The molecule has 4 rings (SSSR count). The molecule has 0 fully saturated rings. The summed E-state index contributed by atoms with van der Waals surface area (Å²) in [6.45, 7) is 2.80. The molecule has 142 valence electrons. The number of hydrogen-bond donors (Lipinski definition) is 1. The molecule has 1 aliphatic carbocycles. The number of nitrogens with one attached hydrogen (secondary N) is 1. The smallest absolute Gasteiger partial charge is 0.240 e. The summed E-state index contributed by atoms with van der Waals surface area (Å²) in [5, 5.41) is 6.62. The van der Waals surface area contributed by atoms with E-state index < -0.39 is 10.0 Å². The molecule has 3 aromatic rings. The van der Waals surface area contributed by atoms with E-state index in [9.17, 15) is 8.42 Å². The normalized spacial score (nSPS) is 14.3. The predicted octanol–water partition coefficient (Wildman–Crippen LogP) is 3.78. The highest BCUT2D eigenvalue weighted by atomic mass is 32.2. The third-order valence-electron chi connectivity index (χ3n) is 5.00. The maximum Gasteiger partial charge on any atom is 0.240 e. The molecule has 0 amide bonds. The van der Waals surface area contributed by atoms with E-state index in [-0.39, 0.29) is 0 Å². The van der Waals surface area contributed by atoms with Crippen molar-refractivity contribution in [3.05, 3.63) is 58.6 Å². The van der Waals surface area contributed by atoms with Gasteiger partial charge in [-0.05, 0) is 73.4 Å². The average Bonchev–Trinajstić information content (AvgIpc) is 3.31. The van der Waals surface area contributed by atoms with Gasteiger partial charge in [-0.25, -0.2) is 13.1 Å². The fraction of sp³-hybridized carbons (Fsp3) is 0.350. The molecule has 0 unspecified atom stereocenters. The second kappa shape index (κ2) is 7.58. The molecule has 5 nitrogen and oxygen atoms in total. The zero-order chi connectivity index (χ0) is 18.9. The van der Waals surface area contributed by atoms with Gasteiger partial charge in [0, 0.05) is 12.2 Å². The van der Waals surface area contributed by atoms with E-state index in [2.05, 4.69) is 9.82 Å². The number of hydrogen-bond acceptors (Lipinski definition) is 4. The van der Waals surface area contributed by atoms with Crippen LogP contribution in [0.3, 0.4) is 0 Å². The van der Waals surface area contributed by atoms with Crippen LogP contribution in [0.1, 0.15) is 29.7 Å². The van der Waals surface area contributed by atoms with Gasteiger partial charge in [0.2, 0.25) is 10.0 Å². The van der Waals surface area contributed by atoms with Crippen LogP contribution in [-0.2, 0) is 29.4 Å². The Kier molecular flexibility index (Phi) is 5.16. The first-order valence-corrected chi connectivity index (χ1v) is 11.6. The van der Waals surface area contributed by atoms with Crippen molar-refractivity contribution in [2.45, 2.75) is 44.0 Å². The summed E-state index contributed by atoms with van der Waals surface area (Å²) in [5.74, 6) is 0. The van der Waals surface area contributed by atoms with Crippen LogP contribution in [0, 0.1) is 6.92 Å². The molecule has 0 saturated carbocycles. The van der Waals surface area contributed by atoms with Gasteiger partial charge in [-0.3, -0.25) is 4.68 Å². The highest BCUT2D eigenvalue weighted by Gasteiger charge is 2.17. The number of fused-ring (bicyclic) bond motifs is 1. The Morgan fingerprint density at radius 3 is 2.74 bits per heavy atom. The van der Waals surface area contributed by atoms with Crippen molar-refractivity contribution in [3.8, 4) is 10.6 Å². The molecule has 2 heterocycles. The van der Waals surface area contributed by atoms with Gasteiger partial charge in [-0.15, -0.1) is 11.3 Å². The third kappa shape index (κ3) is 4.00. The molecule has 1 N–H and O–H groups in total. The summed E-state index contributed by atoms with van der Waals surface area (Å²) in [4.78, 5) is 1.48. The first kappa shape index (κ1) is 18.4. The number of thiophene rings is 1. The van der Waals surface area contributed by atoms with Crippen LogP contribution < -0.4 is 4.72 Å². The zero-order valence-corrected chi connectivity index (χ0v) is 16.9. The summed E-state index contributed by atoms with van der Waals surface area (Å²) >= 11 is 1.65. The first-order valence-electron chi connectivity index (χ1n) is 9.23. The Bertz CT molecular complexity index is 1040. The van der Waals surface area contributed by atoms with Crippen LogP contribution in [0.25, 0.3) is 10.6 Å². The predicted molar refractivity (Wildman–Crippen MR) is 109 cm³/mol. The molecule has 0 bridgehead atoms. The Balaban J connectivity index is 1.43. The minimum atomic E-state index is -3.50. The van der Waals surface area contributed by atoms with E-state index in [1.54, 1.807) is 17.4 Å². The second-order valence-electron chi connectivity index (χ2n) is 6.91. The van der Waals surface area contributed by atoms with Crippen LogP contribution in [0.5, 0.6) is 0 Å². The molecule has 0 radical (unpaired) electrons. The second-order valence-corrected chi connectivity index (χ2v) is 9.62. The number of aromatic nitrogens is 2. The first-order chi connectivity index (χ1) is 13.0. The van der Waals surface area contributed by atoms with E-state index >= 15 is 0 Å². The summed E-state index contributed by atoms with van der Waals surface area (Å²) in [6.07, 6.45) is 4.34. The van der Waals surface area contributed by atoms with Crippen molar-refractivity contribution in [1.82, 2.24) is 14.5 Å². The fourth-order valence-electron chi connectivity index (χ4n) is 3.53.